The summed E-state index contributed by atoms with van der Waals surface area (Å²) in [5.74, 6) is 1.02. The summed E-state index contributed by atoms with van der Waals surface area (Å²) < 4.78 is 5.63. The zero-order valence-corrected chi connectivity index (χ0v) is 13.9. The summed E-state index contributed by atoms with van der Waals surface area (Å²) in [6, 6.07) is 17.4. The molecule has 0 aromatic heterocycles. The largest absolute Gasteiger partial charge is 0.374 e. The van der Waals surface area contributed by atoms with Gasteiger partial charge in [0.25, 0.3) is 0 Å². The molecule has 2 aromatic carbocycles. The molecule has 1 N–H and O–H groups in total. The summed E-state index contributed by atoms with van der Waals surface area (Å²) in [6.45, 7) is 6.63. The van der Waals surface area contributed by atoms with Gasteiger partial charge in [0.05, 0.1) is 19.3 Å². The molecule has 0 unspecified atom stereocenters. The fourth-order valence-electron chi connectivity index (χ4n) is 2.62. The van der Waals surface area contributed by atoms with Gasteiger partial charge in [-0.05, 0) is 37.0 Å². The standard InChI is InChI=1S/C20H24N2O/c1-15(2)23-14-18-5-3-16(4-6-18)13-17-7-9-19(10-8-17)20-21-11-12-22-20/h3-10,15H,11-14H2,1-2H3,(H,21,22). The van der Waals surface area contributed by atoms with E-state index in [4.69, 9.17) is 4.74 Å². The molecule has 2 aromatic rings. The maximum atomic E-state index is 5.63. The molecule has 3 rings (SSSR count). The van der Waals surface area contributed by atoms with Gasteiger partial charge in [-0.3, -0.25) is 4.99 Å². The maximum Gasteiger partial charge on any atom is 0.128 e. The van der Waals surface area contributed by atoms with Crippen molar-refractivity contribution in [3.05, 3.63) is 70.8 Å². The molecule has 0 aliphatic carbocycles. The van der Waals surface area contributed by atoms with Crippen molar-refractivity contribution in [1.82, 2.24) is 5.32 Å². The summed E-state index contributed by atoms with van der Waals surface area (Å²) in [6.07, 6.45) is 1.22. The van der Waals surface area contributed by atoms with Crippen molar-refractivity contribution < 1.29 is 4.74 Å². The highest BCUT2D eigenvalue weighted by Crippen LogP contribution is 2.14. The Morgan fingerprint density at radius 3 is 2.13 bits per heavy atom. The van der Waals surface area contributed by atoms with Crippen LogP contribution < -0.4 is 5.32 Å². The van der Waals surface area contributed by atoms with E-state index in [-0.39, 0.29) is 6.10 Å². The number of hydrogen-bond donors (Lipinski definition) is 1. The maximum absolute atomic E-state index is 5.63. The summed E-state index contributed by atoms with van der Waals surface area (Å²) in [7, 11) is 0. The molecular formula is C20H24N2O. The molecule has 0 saturated heterocycles. The van der Waals surface area contributed by atoms with Crippen molar-refractivity contribution in [2.75, 3.05) is 13.1 Å². The highest BCUT2D eigenvalue weighted by molar-refractivity contribution is 5.99. The molecule has 1 aliphatic heterocycles. The first kappa shape index (κ1) is 15.8. The lowest BCUT2D eigenvalue weighted by Crippen LogP contribution is -2.19. The van der Waals surface area contributed by atoms with Gasteiger partial charge in [-0.1, -0.05) is 48.5 Å². The monoisotopic (exact) mass is 308 g/mol. The van der Waals surface area contributed by atoms with E-state index in [0.717, 1.165) is 25.3 Å². The lowest BCUT2D eigenvalue weighted by molar-refractivity contribution is 0.0657. The van der Waals surface area contributed by atoms with Gasteiger partial charge < -0.3 is 10.1 Å². The summed E-state index contributed by atoms with van der Waals surface area (Å²) in [5, 5.41) is 3.31. The van der Waals surface area contributed by atoms with E-state index < -0.39 is 0 Å². The Bertz CT molecular complexity index is 657. The van der Waals surface area contributed by atoms with Gasteiger partial charge >= 0.3 is 0 Å². The number of benzene rings is 2. The van der Waals surface area contributed by atoms with Gasteiger partial charge in [-0.2, -0.15) is 0 Å². The second-order valence-corrected chi connectivity index (χ2v) is 6.21. The lowest BCUT2D eigenvalue weighted by Gasteiger charge is -2.09. The molecule has 1 aliphatic rings. The Morgan fingerprint density at radius 2 is 1.57 bits per heavy atom. The van der Waals surface area contributed by atoms with Crippen molar-refractivity contribution in [1.29, 1.82) is 0 Å². The Kier molecular flexibility index (Phi) is 5.09. The van der Waals surface area contributed by atoms with Crippen LogP contribution in [-0.4, -0.2) is 25.0 Å². The fraction of sp³-hybridized carbons (Fsp3) is 0.350. The zero-order chi connectivity index (χ0) is 16.1. The molecule has 3 nitrogen and oxygen atoms in total. The molecule has 1 heterocycles. The summed E-state index contributed by atoms with van der Waals surface area (Å²) in [4.78, 5) is 4.45. The fourth-order valence-corrected chi connectivity index (χ4v) is 2.62. The van der Waals surface area contributed by atoms with Gasteiger partial charge in [0.15, 0.2) is 0 Å². The van der Waals surface area contributed by atoms with Crippen LogP contribution in [0.5, 0.6) is 0 Å². The molecule has 3 heteroatoms. The SMILES string of the molecule is CC(C)OCc1ccc(Cc2ccc(C3=NCCN3)cc2)cc1. The van der Waals surface area contributed by atoms with Crippen LogP contribution in [0.1, 0.15) is 36.1 Å². The first-order valence-electron chi connectivity index (χ1n) is 8.28. The Balaban J connectivity index is 1.60. The van der Waals surface area contributed by atoms with Crippen LogP contribution in [0, 0.1) is 0 Å². The minimum Gasteiger partial charge on any atom is -0.374 e. The Hall–Kier alpha value is -2.13. The van der Waals surface area contributed by atoms with E-state index in [9.17, 15) is 0 Å². The zero-order valence-electron chi connectivity index (χ0n) is 13.9. The van der Waals surface area contributed by atoms with Gasteiger partial charge in [-0.15, -0.1) is 0 Å². The molecule has 0 spiro atoms. The topological polar surface area (TPSA) is 33.6 Å². The molecule has 0 atom stereocenters. The molecule has 120 valence electrons. The minimum atomic E-state index is 0.271. The second-order valence-electron chi connectivity index (χ2n) is 6.21. The summed E-state index contributed by atoms with van der Waals surface area (Å²) >= 11 is 0. The predicted octanol–water partition coefficient (Wildman–Crippen LogP) is 3.55. The van der Waals surface area contributed by atoms with Crippen molar-refractivity contribution in [2.24, 2.45) is 4.99 Å². The van der Waals surface area contributed by atoms with Crippen molar-refractivity contribution in [3.63, 3.8) is 0 Å². The van der Waals surface area contributed by atoms with E-state index in [1.807, 2.05) is 0 Å². The van der Waals surface area contributed by atoms with Crippen LogP contribution in [0.3, 0.4) is 0 Å². The van der Waals surface area contributed by atoms with Crippen molar-refractivity contribution in [3.8, 4) is 0 Å². The van der Waals surface area contributed by atoms with Crippen LogP contribution in [0.25, 0.3) is 0 Å². The molecular weight excluding hydrogens is 284 g/mol. The molecule has 0 radical (unpaired) electrons. The minimum absolute atomic E-state index is 0.271. The van der Waals surface area contributed by atoms with Gasteiger partial charge in [0, 0.05) is 12.1 Å². The van der Waals surface area contributed by atoms with Crippen molar-refractivity contribution in [2.45, 2.75) is 33.0 Å². The second kappa shape index (κ2) is 7.42. The summed E-state index contributed by atoms with van der Waals surface area (Å²) in [5.41, 5.74) is 5.04. The number of hydrogen-bond acceptors (Lipinski definition) is 3. The Morgan fingerprint density at radius 1 is 0.957 bits per heavy atom. The average Bonchev–Trinajstić information content (AvgIpc) is 3.09. The van der Waals surface area contributed by atoms with Gasteiger partial charge in [-0.25, -0.2) is 0 Å². The normalized spacial score (nSPS) is 14.0. The van der Waals surface area contributed by atoms with Crippen LogP contribution in [0.15, 0.2) is 53.5 Å². The smallest absolute Gasteiger partial charge is 0.128 e. The molecule has 0 fully saturated rings. The van der Waals surface area contributed by atoms with E-state index in [1.54, 1.807) is 0 Å². The number of rotatable bonds is 6. The van der Waals surface area contributed by atoms with Gasteiger partial charge in [0.2, 0.25) is 0 Å². The van der Waals surface area contributed by atoms with Gasteiger partial charge in [0.1, 0.15) is 5.84 Å². The van der Waals surface area contributed by atoms with Crippen molar-refractivity contribution >= 4 is 5.84 Å². The third-order valence-corrected chi connectivity index (χ3v) is 3.92. The third-order valence-electron chi connectivity index (χ3n) is 3.92. The van der Waals surface area contributed by atoms with E-state index in [0.29, 0.717) is 6.61 Å². The van der Waals surface area contributed by atoms with Crippen LogP contribution in [-0.2, 0) is 17.8 Å². The number of amidine groups is 1. The van der Waals surface area contributed by atoms with Crippen LogP contribution in [0.2, 0.25) is 0 Å². The number of aliphatic imine (C=N–C) groups is 1. The number of ether oxygens (including phenoxy) is 1. The number of nitrogens with zero attached hydrogens (tertiary/aromatic N) is 1. The number of nitrogens with one attached hydrogen (secondary N) is 1. The van der Waals surface area contributed by atoms with Crippen LogP contribution >= 0.6 is 0 Å². The predicted molar refractivity (Wildman–Crippen MR) is 95.0 cm³/mol. The molecule has 0 bridgehead atoms. The first-order chi connectivity index (χ1) is 11.2. The highest BCUT2D eigenvalue weighted by Gasteiger charge is 2.07. The van der Waals surface area contributed by atoms with E-state index in [2.05, 4.69) is 72.7 Å². The molecule has 0 saturated carbocycles. The lowest BCUT2D eigenvalue weighted by atomic mass is 10.0. The quantitative estimate of drug-likeness (QED) is 0.885. The molecule has 23 heavy (non-hydrogen) atoms. The third kappa shape index (κ3) is 4.42. The Labute approximate surface area is 138 Å². The highest BCUT2D eigenvalue weighted by atomic mass is 16.5. The first-order valence-corrected chi connectivity index (χ1v) is 8.28. The van der Waals surface area contributed by atoms with Crippen LogP contribution in [0.4, 0.5) is 0 Å². The van der Waals surface area contributed by atoms with E-state index >= 15 is 0 Å². The average molecular weight is 308 g/mol. The molecule has 0 amide bonds. The van der Waals surface area contributed by atoms with E-state index in [1.165, 1.54) is 22.3 Å².